The summed E-state index contributed by atoms with van der Waals surface area (Å²) in [4.78, 5) is 0. The molecule has 5 nitrogen and oxygen atoms in total. The molecule has 2 rings (SSSR count). The summed E-state index contributed by atoms with van der Waals surface area (Å²) in [5, 5.41) is 16.1. The molecule has 0 fully saturated rings. The van der Waals surface area contributed by atoms with Crippen LogP contribution in [0.25, 0.3) is 0 Å². The van der Waals surface area contributed by atoms with Gasteiger partial charge >= 0.3 is 6.18 Å². The van der Waals surface area contributed by atoms with E-state index in [9.17, 15) is 18.3 Å². The van der Waals surface area contributed by atoms with Gasteiger partial charge in [0.1, 0.15) is 0 Å². The molecule has 3 N–H and O–H groups in total. The first-order chi connectivity index (χ1) is 12.7. The Kier molecular flexibility index (Phi) is 6.86. The van der Waals surface area contributed by atoms with Crippen LogP contribution in [-0.2, 0) is 6.18 Å². The molecule has 0 aromatic heterocycles. The maximum atomic E-state index is 12.8. The van der Waals surface area contributed by atoms with E-state index < -0.39 is 11.7 Å². The van der Waals surface area contributed by atoms with Crippen LogP contribution in [0.3, 0.4) is 0 Å². The molecule has 0 heterocycles. The lowest BCUT2D eigenvalue weighted by Gasteiger charge is -2.12. The number of phenols is 1. The van der Waals surface area contributed by atoms with E-state index in [2.05, 4.69) is 15.8 Å². The van der Waals surface area contributed by atoms with Gasteiger partial charge in [-0.2, -0.15) is 18.3 Å². The SMILES string of the molecule is CCOc1cc(/C=N/NC(=S)Nc2cc(C(F)(F)F)ccc2Cl)ccc1O. The molecule has 0 radical (unpaired) electrons. The Morgan fingerprint density at radius 1 is 1.30 bits per heavy atom. The number of thiocarbonyl (C=S) groups is 1. The molecule has 0 spiro atoms. The Bertz CT molecular complexity index is 860. The molecule has 2 aromatic rings. The molecule has 2 aromatic carbocycles. The van der Waals surface area contributed by atoms with Crippen LogP contribution in [0.2, 0.25) is 5.02 Å². The molecular weight excluding hydrogens is 403 g/mol. The summed E-state index contributed by atoms with van der Waals surface area (Å²) in [7, 11) is 0. The van der Waals surface area contributed by atoms with Crippen LogP contribution in [0, 0.1) is 0 Å². The van der Waals surface area contributed by atoms with Crippen LogP contribution in [0.4, 0.5) is 18.9 Å². The molecule has 0 aliphatic heterocycles. The molecular formula is C17H15ClF3N3O2S. The lowest BCUT2D eigenvalue weighted by molar-refractivity contribution is -0.137. The molecule has 0 saturated carbocycles. The number of ether oxygens (including phenoxy) is 1. The Hall–Kier alpha value is -2.52. The van der Waals surface area contributed by atoms with Gasteiger partial charge in [-0.1, -0.05) is 11.6 Å². The summed E-state index contributed by atoms with van der Waals surface area (Å²) < 4.78 is 43.6. The Morgan fingerprint density at radius 3 is 2.70 bits per heavy atom. The molecule has 144 valence electrons. The van der Waals surface area contributed by atoms with Crippen molar-refractivity contribution in [3.63, 3.8) is 0 Å². The molecule has 0 unspecified atom stereocenters. The standard InChI is InChI=1S/C17H15ClF3N3O2S/c1-2-26-15-7-10(3-6-14(15)25)9-22-24-16(27)23-13-8-11(17(19,20)21)4-5-12(13)18/h3-9,25H,2H2,1H3,(H2,23,24,27)/b22-9+. The van der Waals surface area contributed by atoms with E-state index in [1.807, 2.05) is 0 Å². The molecule has 10 heteroatoms. The van der Waals surface area contributed by atoms with Gasteiger partial charge in [0.05, 0.1) is 29.1 Å². The highest BCUT2D eigenvalue weighted by Gasteiger charge is 2.31. The average molecular weight is 418 g/mol. The smallest absolute Gasteiger partial charge is 0.416 e. The minimum Gasteiger partial charge on any atom is -0.504 e. The molecule has 0 bridgehead atoms. The highest BCUT2D eigenvalue weighted by molar-refractivity contribution is 7.80. The van der Waals surface area contributed by atoms with Crippen LogP contribution < -0.4 is 15.5 Å². The van der Waals surface area contributed by atoms with Crippen molar-refractivity contribution in [2.45, 2.75) is 13.1 Å². The second-order valence-electron chi connectivity index (χ2n) is 5.18. The van der Waals surface area contributed by atoms with Crippen molar-refractivity contribution in [3.8, 4) is 11.5 Å². The number of nitrogens with one attached hydrogen (secondary N) is 2. The number of hydrogen-bond acceptors (Lipinski definition) is 4. The second-order valence-corrected chi connectivity index (χ2v) is 5.99. The van der Waals surface area contributed by atoms with E-state index in [-0.39, 0.29) is 21.6 Å². The van der Waals surface area contributed by atoms with Crippen LogP contribution in [0.1, 0.15) is 18.1 Å². The summed E-state index contributed by atoms with van der Waals surface area (Å²) in [5.41, 5.74) is 2.24. The second kappa shape index (κ2) is 8.92. The lowest BCUT2D eigenvalue weighted by atomic mass is 10.2. The zero-order chi connectivity index (χ0) is 20.0. The monoisotopic (exact) mass is 417 g/mol. The van der Waals surface area contributed by atoms with Crippen LogP contribution in [0.15, 0.2) is 41.5 Å². The van der Waals surface area contributed by atoms with Crippen LogP contribution in [-0.4, -0.2) is 23.0 Å². The number of nitrogens with zero attached hydrogens (tertiary/aromatic N) is 1. The van der Waals surface area contributed by atoms with Crippen molar-refractivity contribution < 1.29 is 23.0 Å². The van der Waals surface area contributed by atoms with Crippen molar-refractivity contribution >= 4 is 40.8 Å². The quantitative estimate of drug-likeness (QED) is 0.371. The highest BCUT2D eigenvalue weighted by Crippen LogP contribution is 2.33. The number of hydrogen-bond donors (Lipinski definition) is 3. The largest absolute Gasteiger partial charge is 0.504 e. The fourth-order valence-electron chi connectivity index (χ4n) is 2.00. The average Bonchev–Trinajstić information content (AvgIpc) is 2.59. The fourth-order valence-corrected chi connectivity index (χ4v) is 2.32. The third kappa shape index (κ3) is 6.00. The number of anilines is 1. The Labute approximate surface area is 163 Å². The van der Waals surface area contributed by atoms with Gasteiger partial charge in [-0.3, -0.25) is 5.43 Å². The van der Waals surface area contributed by atoms with E-state index in [4.69, 9.17) is 28.6 Å². The molecule has 0 atom stereocenters. The van der Waals surface area contributed by atoms with Gasteiger partial charge in [-0.25, -0.2) is 0 Å². The van der Waals surface area contributed by atoms with E-state index >= 15 is 0 Å². The first-order valence-electron chi connectivity index (χ1n) is 7.63. The van der Waals surface area contributed by atoms with Crippen molar-refractivity contribution in [1.82, 2.24) is 5.43 Å². The first-order valence-corrected chi connectivity index (χ1v) is 8.42. The van der Waals surface area contributed by atoms with Crippen molar-refractivity contribution in [2.75, 3.05) is 11.9 Å². The van der Waals surface area contributed by atoms with Gasteiger partial charge in [-0.15, -0.1) is 0 Å². The summed E-state index contributed by atoms with van der Waals surface area (Å²) in [6.07, 6.45) is -3.09. The maximum Gasteiger partial charge on any atom is 0.416 e. The zero-order valence-electron chi connectivity index (χ0n) is 14.0. The Balaban J connectivity index is 2.02. The van der Waals surface area contributed by atoms with Gasteiger partial charge in [0, 0.05) is 0 Å². The van der Waals surface area contributed by atoms with Gasteiger partial charge in [0.2, 0.25) is 0 Å². The Morgan fingerprint density at radius 2 is 2.04 bits per heavy atom. The van der Waals surface area contributed by atoms with Gasteiger partial charge in [0.15, 0.2) is 16.6 Å². The van der Waals surface area contributed by atoms with Crippen molar-refractivity contribution in [2.24, 2.45) is 5.10 Å². The number of aromatic hydroxyl groups is 1. The lowest BCUT2D eigenvalue weighted by Crippen LogP contribution is -2.24. The van der Waals surface area contributed by atoms with Gasteiger partial charge < -0.3 is 15.2 Å². The third-order valence-electron chi connectivity index (χ3n) is 3.21. The van der Waals surface area contributed by atoms with E-state index in [1.165, 1.54) is 12.3 Å². The molecule has 27 heavy (non-hydrogen) atoms. The summed E-state index contributed by atoms with van der Waals surface area (Å²) in [5.74, 6) is 0.302. The number of benzene rings is 2. The predicted octanol–water partition coefficient (Wildman–Crippen LogP) is 4.78. The zero-order valence-corrected chi connectivity index (χ0v) is 15.5. The van der Waals surface area contributed by atoms with Gasteiger partial charge in [0.25, 0.3) is 0 Å². The summed E-state index contributed by atoms with van der Waals surface area (Å²) >= 11 is 10.9. The highest BCUT2D eigenvalue weighted by atomic mass is 35.5. The first kappa shape index (κ1) is 20.8. The van der Waals surface area contributed by atoms with Crippen LogP contribution >= 0.6 is 23.8 Å². The normalized spacial score (nSPS) is 11.4. The fraction of sp³-hybridized carbons (Fsp3) is 0.176. The molecule has 0 amide bonds. The summed E-state index contributed by atoms with van der Waals surface area (Å²) in [6.45, 7) is 2.17. The number of hydrazone groups is 1. The van der Waals surface area contributed by atoms with E-state index in [0.717, 1.165) is 18.2 Å². The van der Waals surface area contributed by atoms with Crippen molar-refractivity contribution in [3.05, 3.63) is 52.5 Å². The minimum atomic E-state index is -4.49. The number of rotatable bonds is 5. The minimum absolute atomic E-state index is 0.00154. The van der Waals surface area contributed by atoms with Crippen molar-refractivity contribution in [1.29, 1.82) is 0 Å². The van der Waals surface area contributed by atoms with E-state index in [0.29, 0.717) is 17.9 Å². The van der Waals surface area contributed by atoms with Crippen LogP contribution in [0.5, 0.6) is 11.5 Å². The number of alkyl halides is 3. The van der Waals surface area contributed by atoms with Gasteiger partial charge in [-0.05, 0) is 61.1 Å². The molecule has 0 saturated heterocycles. The third-order valence-corrected chi connectivity index (χ3v) is 3.73. The maximum absolute atomic E-state index is 12.8. The topological polar surface area (TPSA) is 65.9 Å². The number of halogens is 4. The predicted molar refractivity (Wildman–Crippen MR) is 103 cm³/mol. The van der Waals surface area contributed by atoms with E-state index in [1.54, 1.807) is 19.1 Å². The molecule has 0 aliphatic rings. The summed E-state index contributed by atoms with van der Waals surface area (Å²) in [6, 6.07) is 7.49. The molecule has 0 aliphatic carbocycles. The number of phenolic OH excluding ortho intramolecular Hbond substituents is 1.